The van der Waals surface area contributed by atoms with Crippen molar-refractivity contribution in [3.05, 3.63) is 184 Å². The van der Waals surface area contributed by atoms with Crippen molar-refractivity contribution in [2.24, 2.45) is 17.4 Å². The van der Waals surface area contributed by atoms with E-state index >= 15 is 19.2 Å². The van der Waals surface area contributed by atoms with Crippen molar-refractivity contribution >= 4 is 149 Å². The number of aromatic nitrogens is 1. The van der Waals surface area contributed by atoms with E-state index in [1.165, 1.54) is 71.3 Å². The van der Waals surface area contributed by atoms with E-state index in [0.717, 1.165) is 77.9 Å². The molecule has 136 heavy (non-hydrogen) atoms. The van der Waals surface area contributed by atoms with Crippen LogP contribution in [0.2, 0.25) is 5.02 Å². The number of carbonyl (C=O) groups excluding carboxylic acids is 13. The van der Waals surface area contributed by atoms with Crippen LogP contribution in [0.4, 0.5) is 28.4 Å². The number of phenols is 1. The zero-order valence-electron chi connectivity index (χ0n) is 76.1. The van der Waals surface area contributed by atoms with Gasteiger partial charge in [0.05, 0.1) is 37.0 Å². The van der Waals surface area contributed by atoms with E-state index in [0.29, 0.717) is 46.0 Å². The number of aromatic hydroxyl groups is 1. The zero-order chi connectivity index (χ0) is 99.0. The zero-order valence-corrected chi connectivity index (χ0v) is 80.2. The van der Waals surface area contributed by atoms with Crippen molar-refractivity contribution in [1.29, 1.82) is 0 Å². The normalized spacial score (nSPS) is 25.0. The van der Waals surface area contributed by atoms with Gasteiger partial charge in [0.25, 0.3) is 0 Å². The summed E-state index contributed by atoms with van der Waals surface area (Å²) < 4.78 is 70.2. The first-order chi connectivity index (χ1) is 64.6. The number of nitrogens with zero attached hydrogens (tertiary/aromatic N) is 2. The summed E-state index contributed by atoms with van der Waals surface area (Å²) in [7, 11) is 9.37. The standard InChI is InChI=1S/C92H115ClF3N15O21S4/c1-49-18-17-24-72(129-9)91(127)43-71(130-89(126)109-91)50(2)78-90(5,132-78)73(42-75(115)111(7)69-39-56(36-49)40-70(128-8)76(69)93)131-87(124)51(3)110(6)74(114)33-35-133-134-46-66(79(98)116)104-85(122)68-48-136-135-47-67(105-82(119)64(37-53-19-11-10-12-20-53)107-88(125)100-44-55-25-29-58(30-26-55)92(94,95)96)84(121)102-63(38-54-27-31-59(113)32-28-54)81(118)103-65(41-57-45-99-61-22-14-13-21-60(57)61)83(120)101-62(23-15-16-34-97)80(117)108-77(52(4)112)86(123)106-68/h10-14,17-22,24-32,39-40,45,50-52,62-68,71-73,77-78,99,112-113,127H,15-16,23,33-38,41-44,46-48,97H2,1-9H3,(H2,98,116)(H,101,120)(H,102,121)(H,103,118)(H,104,122)(H,105,119)(H,106,123)(H,108,117)(H,109,126)(H2,100,107,125)/b24-17+,49-18+/t50-,51+,52-,62+,63+,64-,65-,66+,67+,68+,71+,72-,73+,77+,78?,90+,91+/m1/s1. The number of allylic oxidation sites excluding steroid dienone is 3. The highest BCUT2D eigenvalue weighted by Gasteiger charge is 2.65. The smallest absolute Gasteiger partial charge is 0.416 e. The van der Waals surface area contributed by atoms with Gasteiger partial charge in [0, 0.05) is 106 Å². The van der Waals surface area contributed by atoms with Crippen LogP contribution in [0.3, 0.4) is 0 Å². The highest BCUT2D eigenvalue weighted by molar-refractivity contribution is 8.77. The van der Waals surface area contributed by atoms with Crippen LogP contribution in [0, 0.1) is 5.92 Å². The summed E-state index contributed by atoms with van der Waals surface area (Å²) in [6.45, 7) is 7.62. The number of unbranched alkanes of at least 4 members (excludes halogenated alkanes) is 1. The number of alkyl halides is 3. The molecule has 10 rings (SSSR count). The van der Waals surface area contributed by atoms with Crippen LogP contribution < -0.4 is 74.3 Å². The van der Waals surface area contributed by atoms with Crippen LogP contribution in [0.1, 0.15) is 107 Å². The predicted octanol–water partition coefficient (Wildman–Crippen LogP) is 5.87. The van der Waals surface area contributed by atoms with Gasteiger partial charge >= 0.3 is 24.3 Å². The Balaban J connectivity index is 0.878. The first kappa shape index (κ1) is 107. The second kappa shape index (κ2) is 49.1. The number of alkyl carbamates (subject to hydrolysis) is 1. The number of halogens is 4. The van der Waals surface area contributed by atoms with Crippen LogP contribution in [0.5, 0.6) is 11.5 Å². The fraction of sp³-hybridized carbons (Fsp3) is 0.467. The molecule has 36 nitrogen and oxygen atoms in total. The van der Waals surface area contributed by atoms with Gasteiger partial charge in [-0.1, -0.05) is 158 Å². The molecule has 4 aliphatic rings. The fourth-order valence-corrected chi connectivity index (χ4v) is 20.4. The highest BCUT2D eigenvalue weighted by atomic mass is 35.5. The van der Waals surface area contributed by atoms with Crippen LogP contribution >= 0.6 is 54.8 Å². The number of anilines is 1. The van der Waals surface area contributed by atoms with E-state index in [-0.39, 0.29) is 97.3 Å². The Morgan fingerprint density at radius 2 is 1.46 bits per heavy atom. The maximum atomic E-state index is 15.4. The summed E-state index contributed by atoms with van der Waals surface area (Å²) in [6, 6.07) is 13.0. The molecule has 18 N–H and O–H groups in total. The van der Waals surface area contributed by atoms with Crippen molar-refractivity contribution < 1.29 is 115 Å². The number of phenolic OH excluding ortho intramolecular Hbond substituents is 1. The Hall–Kier alpha value is -11.3. The molecule has 17 atom stereocenters. The average molecular weight is 1990 g/mol. The number of hydrogen-bond donors (Lipinski definition) is 16. The van der Waals surface area contributed by atoms with Crippen molar-refractivity contribution in [2.45, 2.75) is 208 Å². The summed E-state index contributed by atoms with van der Waals surface area (Å²) >= 11 is 6.90. The van der Waals surface area contributed by atoms with E-state index < -0.39 is 209 Å². The molecule has 4 bridgehead atoms. The molecule has 0 radical (unpaired) electrons. The van der Waals surface area contributed by atoms with Gasteiger partial charge in [0.1, 0.15) is 94.8 Å². The summed E-state index contributed by atoms with van der Waals surface area (Å²) in [4.78, 5) is 195. The van der Waals surface area contributed by atoms with E-state index in [1.807, 2.05) is 6.92 Å². The molecule has 0 aliphatic carbocycles. The molecule has 13 amide bonds. The number of aliphatic hydroxyl groups is 2. The number of urea groups is 1. The second-order valence-corrected chi connectivity index (χ2v) is 39.4. The van der Waals surface area contributed by atoms with E-state index in [9.17, 15) is 71.6 Å². The van der Waals surface area contributed by atoms with E-state index in [2.05, 4.69) is 58.2 Å². The molecular weight excluding hydrogens is 1870 g/mol. The summed E-state index contributed by atoms with van der Waals surface area (Å²) in [5, 5.41) is 60.8. The van der Waals surface area contributed by atoms with Gasteiger partial charge in [-0.05, 0) is 130 Å². The van der Waals surface area contributed by atoms with Crippen LogP contribution in [0.25, 0.3) is 10.9 Å². The number of benzene rings is 5. The monoisotopic (exact) mass is 1990 g/mol. The SMILES string of the molecule is COc1cc2cc(c1Cl)N(C)C(=O)C[C@H](OC(=O)[C@H](C)N(C)C(=O)CCSSC[C@H](NC(=O)[C@@H]1CSSC[C@H](NC(=O)[C@@H](Cc3ccccc3)NC(=O)NCc3ccc(C(F)(F)F)cc3)C(=O)N[C@@H](Cc3ccc(O)cc3)C(=O)N[C@H](Cc3c[nH]c4ccccc34)C(=O)N[C@@H](CCCCN)C(=O)N[C@@H]([C@@H](C)O)C(=O)N1)C(N)=O)[C@]1(C)OC1[C@H](C)[C@@H]1C[C@@](O)(NC(=O)O1)[C@H](OC)/C=C/C=C(\C)C2. The Kier molecular flexibility index (Phi) is 38.6. The molecule has 0 saturated carbocycles. The Morgan fingerprint density at radius 3 is 2.14 bits per heavy atom. The third-order valence-corrected chi connectivity index (χ3v) is 29.0. The summed E-state index contributed by atoms with van der Waals surface area (Å²) in [6.07, 6.45) is -5.89. The topological polar surface area (TPSA) is 527 Å². The number of likely N-dealkylation sites (N-methyl/N-ethyl adjacent to an activating group) is 1. The number of carbonyl (C=O) groups is 13. The number of nitrogens with one attached hydrogen (secondary N) is 11. The lowest BCUT2D eigenvalue weighted by Crippen LogP contribution is -2.63. The number of hydrogen-bond acceptors (Lipinski definition) is 26. The Morgan fingerprint density at radius 1 is 0.801 bits per heavy atom. The highest BCUT2D eigenvalue weighted by Crippen LogP contribution is 2.50. The molecular formula is C92H115ClF3N15O21S4. The molecule has 1 aromatic heterocycles. The molecule has 4 aliphatic heterocycles. The summed E-state index contributed by atoms with van der Waals surface area (Å²) in [5.41, 5.74) is 11.6. The van der Waals surface area contributed by atoms with Crippen LogP contribution in [0.15, 0.2) is 145 Å². The maximum absolute atomic E-state index is 15.4. The average Bonchev–Trinajstić information content (AvgIpc) is 1.57. The lowest BCUT2D eigenvalue weighted by atomic mass is 9.83. The van der Waals surface area contributed by atoms with Gasteiger partial charge in [-0.2, -0.15) is 13.2 Å². The van der Waals surface area contributed by atoms with Crippen LogP contribution in [-0.4, -0.2) is 256 Å². The minimum atomic E-state index is -4.65. The van der Waals surface area contributed by atoms with E-state index in [4.69, 9.17) is 46.8 Å². The number of H-pyrrole nitrogens is 1. The number of ether oxygens (including phenoxy) is 5. The molecule has 1 unspecified atom stereocenters. The minimum absolute atomic E-state index is 0.0221. The van der Waals surface area contributed by atoms with Gasteiger partial charge in [-0.25, -0.2) is 14.4 Å². The van der Waals surface area contributed by atoms with Gasteiger partial charge in [0.15, 0.2) is 5.72 Å². The van der Waals surface area contributed by atoms with E-state index in [1.54, 1.807) is 105 Å². The van der Waals surface area contributed by atoms with Gasteiger partial charge in [-0.15, -0.1) is 0 Å². The summed E-state index contributed by atoms with van der Waals surface area (Å²) in [5.74, 6) is -12.1. The van der Waals surface area contributed by atoms with Crippen molar-refractivity contribution in [1.82, 2.24) is 63.1 Å². The molecule has 3 saturated heterocycles. The van der Waals surface area contributed by atoms with Gasteiger partial charge < -0.3 is 113 Å². The lowest BCUT2D eigenvalue weighted by Gasteiger charge is -2.42. The first-order valence-corrected chi connectivity index (χ1v) is 49.2. The number of fused-ring (bicyclic) bond motifs is 6. The number of epoxide rings is 1. The quantitative estimate of drug-likeness (QED) is 0.0108. The molecule has 736 valence electrons. The second-order valence-electron chi connectivity index (χ2n) is 33.8. The molecule has 44 heteroatoms. The molecule has 0 spiro atoms. The fourth-order valence-electron chi connectivity index (χ4n) is 15.6. The molecule has 5 heterocycles. The van der Waals surface area contributed by atoms with Gasteiger partial charge in [-0.3, -0.25) is 53.3 Å². The lowest BCUT2D eigenvalue weighted by molar-refractivity contribution is -0.162. The third kappa shape index (κ3) is 29.4. The number of esters is 1. The van der Waals surface area contributed by atoms with Gasteiger partial charge in [0.2, 0.25) is 59.1 Å². The first-order valence-electron chi connectivity index (χ1n) is 43.8. The van der Waals surface area contributed by atoms with Crippen molar-refractivity contribution in [3.8, 4) is 11.5 Å². The number of nitrogens with two attached hydrogens (primary N) is 2. The molecule has 6 aromatic rings. The largest absolute Gasteiger partial charge is 0.508 e. The van der Waals surface area contributed by atoms with Crippen molar-refractivity contribution in [2.75, 3.05) is 62.8 Å². The molecule has 3 fully saturated rings. The number of aromatic amines is 1. The number of methoxy groups -OCH3 is 2. The minimum Gasteiger partial charge on any atom is -0.508 e. The number of amides is 13. The predicted molar refractivity (Wildman–Crippen MR) is 507 cm³/mol. The number of primary amides is 1. The molecule has 5 aromatic carbocycles. The maximum Gasteiger partial charge on any atom is 0.416 e. The van der Waals surface area contributed by atoms with Crippen LogP contribution in [-0.2, 0) is 110 Å². The number of para-hydroxylation sites is 1. The van der Waals surface area contributed by atoms with Crippen molar-refractivity contribution in [3.63, 3.8) is 0 Å². The third-order valence-electron chi connectivity index (χ3n) is 23.7. The Bertz CT molecular complexity index is 5330. The number of rotatable bonds is 30. The Labute approximate surface area is 804 Å². The number of aliphatic hydroxyl groups excluding tert-OH is 1.